The fraction of sp³-hybridized carbons (Fsp3) is 0.250. The van der Waals surface area contributed by atoms with Crippen LogP contribution in [0.2, 0.25) is 0 Å². The number of nitrogens with one attached hydrogen (secondary N) is 1. The Kier molecular flexibility index (Phi) is 5.94. The zero-order chi connectivity index (χ0) is 24.7. The maximum atomic E-state index is 13.5. The van der Waals surface area contributed by atoms with E-state index in [1.54, 1.807) is 16.7 Å². The van der Waals surface area contributed by atoms with Gasteiger partial charge in [0.2, 0.25) is 5.91 Å². The van der Waals surface area contributed by atoms with Gasteiger partial charge in [0.15, 0.2) is 5.60 Å². The van der Waals surface area contributed by atoms with E-state index in [4.69, 9.17) is 0 Å². The Morgan fingerprint density at radius 2 is 1.74 bits per heavy atom. The molecule has 178 valence electrons. The number of anilines is 2. The summed E-state index contributed by atoms with van der Waals surface area (Å²) in [5, 5.41) is 13.0. The quantitative estimate of drug-likeness (QED) is 0.498. The molecule has 1 aliphatic heterocycles. The van der Waals surface area contributed by atoms with Crippen LogP contribution in [0.25, 0.3) is 17.5 Å². The van der Waals surface area contributed by atoms with Crippen LogP contribution >= 0.6 is 0 Å². The van der Waals surface area contributed by atoms with Crippen LogP contribution in [0.1, 0.15) is 24.7 Å². The molecule has 34 heavy (non-hydrogen) atoms. The first-order chi connectivity index (χ1) is 15.9. The van der Waals surface area contributed by atoms with Gasteiger partial charge in [-0.2, -0.15) is 13.2 Å². The smallest absolute Gasteiger partial charge is 0.380 e. The van der Waals surface area contributed by atoms with E-state index in [0.29, 0.717) is 29.8 Å². The molecule has 0 radical (unpaired) electrons. The van der Waals surface area contributed by atoms with E-state index in [1.807, 2.05) is 31.2 Å². The molecule has 0 spiro atoms. The highest BCUT2D eigenvalue weighted by Gasteiger charge is 2.51. The molecule has 4 rings (SSSR count). The predicted octanol–water partition coefficient (Wildman–Crippen LogP) is 5.22. The summed E-state index contributed by atoms with van der Waals surface area (Å²) >= 11 is 0. The van der Waals surface area contributed by atoms with Crippen LogP contribution in [0.5, 0.6) is 0 Å². The fourth-order valence-corrected chi connectivity index (χ4v) is 3.47. The zero-order valence-corrected chi connectivity index (χ0v) is 18.4. The maximum Gasteiger partial charge on any atom is 0.417 e. The van der Waals surface area contributed by atoms with Crippen LogP contribution in [0.15, 0.2) is 54.7 Å². The predicted molar refractivity (Wildman–Crippen MR) is 119 cm³/mol. The van der Waals surface area contributed by atoms with E-state index < -0.39 is 29.9 Å². The van der Waals surface area contributed by atoms with Crippen molar-refractivity contribution < 1.29 is 27.5 Å². The van der Waals surface area contributed by atoms with Gasteiger partial charge in [0.05, 0.1) is 13.0 Å². The lowest BCUT2D eigenvalue weighted by Crippen LogP contribution is -2.46. The Bertz CT molecular complexity index is 1230. The summed E-state index contributed by atoms with van der Waals surface area (Å²) < 4.78 is 54.2. The van der Waals surface area contributed by atoms with Gasteiger partial charge in [-0.15, -0.1) is 0 Å². The average Bonchev–Trinajstić information content (AvgIpc) is 3.12. The number of carbonyl (C=O) groups excluding carboxylic acids is 1. The van der Waals surface area contributed by atoms with Gasteiger partial charge in [-0.1, -0.05) is 17.7 Å². The molecule has 3 aromatic rings. The molecule has 10 heteroatoms. The number of alkyl halides is 3. The second kappa shape index (κ2) is 8.60. The first-order valence-corrected chi connectivity index (χ1v) is 10.4. The molecule has 0 saturated carbocycles. The van der Waals surface area contributed by atoms with Crippen LogP contribution in [-0.2, 0) is 11.3 Å². The van der Waals surface area contributed by atoms with Gasteiger partial charge in [0.1, 0.15) is 23.2 Å². The minimum absolute atomic E-state index is 0.104. The SMILES string of the molecule is Cc1ccc(Nc2c(-c3ccc(F)cc3)nc3n2C=CN(C(=O)CC(C)(O)C(F)(F)F)C3)cc1. The molecule has 2 N–H and O–H groups in total. The van der Waals surface area contributed by atoms with Gasteiger partial charge >= 0.3 is 6.18 Å². The van der Waals surface area contributed by atoms with Crippen LogP contribution in [0.3, 0.4) is 0 Å². The van der Waals surface area contributed by atoms with Crippen LogP contribution in [0, 0.1) is 12.7 Å². The van der Waals surface area contributed by atoms with Gasteiger partial charge in [-0.25, -0.2) is 9.37 Å². The molecule has 1 unspecified atom stereocenters. The second-order valence-corrected chi connectivity index (χ2v) is 8.36. The lowest BCUT2D eigenvalue weighted by Gasteiger charge is -2.29. The van der Waals surface area contributed by atoms with E-state index in [9.17, 15) is 27.5 Å². The van der Waals surface area contributed by atoms with Gasteiger partial charge in [0.25, 0.3) is 0 Å². The van der Waals surface area contributed by atoms with Crippen molar-refractivity contribution in [3.8, 4) is 11.3 Å². The van der Waals surface area contributed by atoms with Crippen molar-refractivity contribution in [3.05, 3.63) is 71.9 Å². The summed E-state index contributed by atoms with van der Waals surface area (Å²) in [4.78, 5) is 18.2. The highest BCUT2D eigenvalue weighted by atomic mass is 19.4. The lowest BCUT2D eigenvalue weighted by atomic mass is 10.0. The molecule has 0 bridgehead atoms. The van der Waals surface area contributed by atoms with Crippen molar-refractivity contribution in [2.45, 2.75) is 38.6 Å². The molecule has 1 atom stereocenters. The number of rotatable bonds is 5. The normalized spacial score (nSPS) is 15.1. The van der Waals surface area contributed by atoms with Gasteiger partial charge < -0.3 is 15.3 Å². The third-order valence-electron chi connectivity index (χ3n) is 5.55. The van der Waals surface area contributed by atoms with Crippen LogP contribution in [0.4, 0.5) is 29.1 Å². The van der Waals surface area contributed by atoms with Crippen molar-refractivity contribution >= 4 is 23.6 Å². The van der Waals surface area contributed by atoms with E-state index in [0.717, 1.165) is 16.2 Å². The monoisotopic (exact) mass is 474 g/mol. The highest BCUT2D eigenvalue weighted by Crippen LogP contribution is 2.36. The summed E-state index contributed by atoms with van der Waals surface area (Å²) in [6.07, 6.45) is -3.21. The number of aromatic nitrogens is 2. The third-order valence-corrected chi connectivity index (χ3v) is 5.55. The van der Waals surface area contributed by atoms with E-state index in [-0.39, 0.29) is 6.54 Å². The van der Waals surface area contributed by atoms with Crippen molar-refractivity contribution in [2.75, 3.05) is 5.32 Å². The standard InChI is InChI=1S/C24H22F4N4O2/c1-15-3-9-18(10-4-15)29-22-21(16-5-7-17(25)8-6-16)30-19-14-31(11-12-32(19)22)20(33)13-23(2,34)24(26,27)28/h3-12,29,34H,13-14H2,1-2H3. The molecule has 1 aromatic heterocycles. The van der Waals surface area contributed by atoms with E-state index in [2.05, 4.69) is 10.3 Å². The number of hydrogen-bond acceptors (Lipinski definition) is 4. The van der Waals surface area contributed by atoms with Crippen LogP contribution in [-0.4, -0.2) is 37.2 Å². The number of hydrogen-bond donors (Lipinski definition) is 2. The zero-order valence-electron chi connectivity index (χ0n) is 18.4. The van der Waals surface area contributed by atoms with Crippen molar-refractivity contribution in [2.24, 2.45) is 0 Å². The van der Waals surface area contributed by atoms with Crippen molar-refractivity contribution in [1.82, 2.24) is 14.5 Å². The highest BCUT2D eigenvalue weighted by molar-refractivity contribution is 5.81. The fourth-order valence-electron chi connectivity index (χ4n) is 3.47. The topological polar surface area (TPSA) is 70.4 Å². The molecular formula is C24H22F4N4O2. The molecule has 1 amide bonds. The van der Waals surface area contributed by atoms with Gasteiger partial charge in [0, 0.05) is 23.7 Å². The molecule has 2 heterocycles. The minimum Gasteiger partial charge on any atom is -0.380 e. The number of amides is 1. The second-order valence-electron chi connectivity index (χ2n) is 8.36. The third kappa shape index (κ3) is 4.67. The molecule has 2 aromatic carbocycles. The van der Waals surface area contributed by atoms with E-state index >= 15 is 0 Å². The lowest BCUT2D eigenvalue weighted by molar-refractivity contribution is -0.254. The first kappa shape index (κ1) is 23.5. The average molecular weight is 474 g/mol. The Morgan fingerprint density at radius 1 is 1.09 bits per heavy atom. The number of imidazole rings is 1. The van der Waals surface area contributed by atoms with Crippen molar-refractivity contribution in [3.63, 3.8) is 0 Å². The first-order valence-electron chi connectivity index (χ1n) is 10.4. The van der Waals surface area contributed by atoms with Gasteiger partial charge in [-0.05, 0) is 50.2 Å². The Labute approximate surface area is 193 Å². The molecule has 6 nitrogen and oxygen atoms in total. The molecule has 0 saturated heterocycles. The number of halogens is 4. The molecule has 1 aliphatic rings. The summed E-state index contributed by atoms with van der Waals surface area (Å²) in [5.41, 5.74) is -0.211. The number of carbonyl (C=O) groups is 1. The van der Waals surface area contributed by atoms with Crippen LogP contribution < -0.4 is 5.32 Å². The number of nitrogens with zero attached hydrogens (tertiary/aromatic N) is 3. The Balaban J connectivity index is 1.67. The van der Waals surface area contributed by atoms with Crippen molar-refractivity contribution in [1.29, 1.82) is 0 Å². The Hall–Kier alpha value is -3.66. The maximum absolute atomic E-state index is 13.5. The molecule has 0 fully saturated rings. The summed E-state index contributed by atoms with van der Waals surface area (Å²) in [5.74, 6) is -0.370. The summed E-state index contributed by atoms with van der Waals surface area (Å²) in [6.45, 7) is 2.42. The van der Waals surface area contributed by atoms with E-state index in [1.165, 1.54) is 24.5 Å². The summed E-state index contributed by atoms with van der Waals surface area (Å²) in [6, 6.07) is 13.3. The summed E-state index contributed by atoms with van der Waals surface area (Å²) in [7, 11) is 0. The Morgan fingerprint density at radius 3 is 2.35 bits per heavy atom. The number of benzene rings is 2. The largest absolute Gasteiger partial charge is 0.417 e. The number of aliphatic hydroxyl groups is 1. The van der Waals surface area contributed by atoms with Gasteiger partial charge in [-0.3, -0.25) is 9.36 Å². The molecule has 0 aliphatic carbocycles. The molecular weight excluding hydrogens is 452 g/mol. The number of fused-ring (bicyclic) bond motifs is 1. The minimum atomic E-state index is -4.94. The number of aryl methyl sites for hydroxylation is 1.